The van der Waals surface area contributed by atoms with Crippen LogP contribution in [-0.2, 0) is 4.74 Å². The van der Waals surface area contributed by atoms with Crippen molar-refractivity contribution in [2.75, 3.05) is 26.7 Å². The number of likely N-dealkylation sites (tertiary alicyclic amines) is 1. The van der Waals surface area contributed by atoms with Crippen molar-refractivity contribution in [1.82, 2.24) is 4.90 Å². The van der Waals surface area contributed by atoms with E-state index < -0.39 is 5.82 Å². The van der Waals surface area contributed by atoms with E-state index in [0.29, 0.717) is 18.7 Å². The molecule has 0 bridgehead atoms. The molecule has 1 aromatic rings. The number of amides is 1. The molecule has 0 radical (unpaired) electrons. The Morgan fingerprint density at radius 1 is 1.60 bits per heavy atom. The molecule has 0 spiro atoms. The number of rotatable bonds is 2. The first-order chi connectivity index (χ1) is 9.65. The fraction of sp³-hybridized carbons (Fsp3) is 0.400. The van der Waals surface area contributed by atoms with Crippen molar-refractivity contribution in [3.63, 3.8) is 0 Å². The third-order valence-electron chi connectivity index (χ3n) is 3.30. The summed E-state index contributed by atoms with van der Waals surface area (Å²) in [5, 5.41) is 0. The minimum absolute atomic E-state index is 0.0298. The Labute approximate surface area is 117 Å². The van der Waals surface area contributed by atoms with Gasteiger partial charge in [0.05, 0.1) is 18.2 Å². The molecule has 1 heterocycles. The molecule has 1 saturated heterocycles. The molecule has 1 aromatic carbocycles. The summed E-state index contributed by atoms with van der Waals surface area (Å²) in [5.74, 6) is 4.63. The summed E-state index contributed by atoms with van der Waals surface area (Å²) >= 11 is 0. The number of benzene rings is 1. The molecule has 0 aromatic heterocycles. The first kappa shape index (κ1) is 14.5. The topological polar surface area (TPSA) is 55.6 Å². The lowest BCUT2D eigenvalue weighted by Gasteiger charge is -2.16. The molecule has 5 heteroatoms. The number of methoxy groups -OCH3 is 1. The highest BCUT2D eigenvalue weighted by Crippen LogP contribution is 2.18. The molecule has 1 unspecified atom stereocenters. The average Bonchev–Trinajstić information content (AvgIpc) is 2.94. The minimum atomic E-state index is -0.533. The molecular weight excluding hydrogens is 259 g/mol. The number of ether oxygens (including phenoxy) is 1. The van der Waals surface area contributed by atoms with Crippen molar-refractivity contribution in [2.45, 2.75) is 12.5 Å². The van der Waals surface area contributed by atoms with Crippen LogP contribution in [-0.4, -0.2) is 43.7 Å². The summed E-state index contributed by atoms with van der Waals surface area (Å²) in [4.78, 5) is 13.9. The predicted octanol–water partition coefficient (Wildman–Crippen LogP) is 0.997. The smallest absolute Gasteiger partial charge is 0.256 e. The minimum Gasteiger partial charge on any atom is -0.380 e. The van der Waals surface area contributed by atoms with Gasteiger partial charge >= 0.3 is 0 Å². The Hall–Kier alpha value is -1.90. The van der Waals surface area contributed by atoms with Crippen LogP contribution in [0.4, 0.5) is 4.39 Å². The molecule has 1 aliphatic heterocycles. The van der Waals surface area contributed by atoms with Crippen LogP contribution in [0, 0.1) is 17.7 Å². The van der Waals surface area contributed by atoms with Gasteiger partial charge in [-0.2, -0.15) is 0 Å². The zero-order valence-electron chi connectivity index (χ0n) is 11.4. The van der Waals surface area contributed by atoms with E-state index in [1.54, 1.807) is 12.0 Å². The molecule has 1 atom stereocenters. The normalized spacial score (nSPS) is 17.8. The van der Waals surface area contributed by atoms with Crippen molar-refractivity contribution in [3.8, 4) is 11.8 Å². The van der Waals surface area contributed by atoms with Crippen LogP contribution in [0.5, 0.6) is 0 Å². The van der Waals surface area contributed by atoms with Gasteiger partial charge in [-0.25, -0.2) is 4.39 Å². The summed E-state index contributed by atoms with van der Waals surface area (Å²) < 4.78 is 19.0. The summed E-state index contributed by atoms with van der Waals surface area (Å²) in [5.41, 5.74) is 5.93. The number of carbonyl (C=O) groups is 1. The van der Waals surface area contributed by atoms with Gasteiger partial charge in [0.2, 0.25) is 0 Å². The third-order valence-corrected chi connectivity index (χ3v) is 3.30. The van der Waals surface area contributed by atoms with Crippen LogP contribution < -0.4 is 5.73 Å². The van der Waals surface area contributed by atoms with E-state index >= 15 is 0 Å². The van der Waals surface area contributed by atoms with Crippen LogP contribution >= 0.6 is 0 Å². The number of hydrogen-bond acceptors (Lipinski definition) is 3. The van der Waals surface area contributed by atoms with E-state index in [0.717, 1.165) is 6.42 Å². The fourth-order valence-electron chi connectivity index (χ4n) is 2.20. The molecule has 106 valence electrons. The lowest BCUT2D eigenvalue weighted by Crippen LogP contribution is -2.30. The molecule has 1 fully saturated rings. The molecule has 20 heavy (non-hydrogen) atoms. The molecule has 0 saturated carbocycles. The maximum Gasteiger partial charge on any atom is 0.256 e. The molecule has 1 amide bonds. The second-order valence-electron chi connectivity index (χ2n) is 4.60. The van der Waals surface area contributed by atoms with Crippen molar-refractivity contribution in [1.29, 1.82) is 0 Å². The number of nitrogens with zero attached hydrogens (tertiary/aromatic N) is 1. The van der Waals surface area contributed by atoms with E-state index in [1.807, 2.05) is 0 Å². The quantitative estimate of drug-likeness (QED) is 0.820. The van der Waals surface area contributed by atoms with E-state index in [-0.39, 0.29) is 24.1 Å². The van der Waals surface area contributed by atoms with E-state index in [4.69, 9.17) is 10.5 Å². The van der Waals surface area contributed by atoms with Crippen molar-refractivity contribution in [2.24, 2.45) is 5.73 Å². The van der Waals surface area contributed by atoms with Crippen LogP contribution in [0.1, 0.15) is 22.3 Å². The molecule has 4 nitrogen and oxygen atoms in total. The zero-order chi connectivity index (χ0) is 14.5. The largest absolute Gasteiger partial charge is 0.380 e. The number of halogens is 1. The molecule has 0 aliphatic carbocycles. The monoisotopic (exact) mass is 276 g/mol. The first-order valence-corrected chi connectivity index (χ1v) is 6.46. The van der Waals surface area contributed by atoms with Gasteiger partial charge in [0.25, 0.3) is 5.91 Å². The van der Waals surface area contributed by atoms with E-state index in [2.05, 4.69) is 11.8 Å². The van der Waals surface area contributed by atoms with Crippen LogP contribution in [0.3, 0.4) is 0 Å². The SMILES string of the molecule is COC1CCN(C(=O)c2cc(C#CCN)ccc2F)C1. The highest BCUT2D eigenvalue weighted by atomic mass is 19.1. The molecule has 1 aliphatic rings. The summed E-state index contributed by atoms with van der Waals surface area (Å²) in [6.45, 7) is 1.30. The van der Waals surface area contributed by atoms with Gasteiger partial charge in [0.15, 0.2) is 0 Å². The summed E-state index contributed by atoms with van der Waals surface area (Å²) in [7, 11) is 1.61. The number of hydrogen-bond donors (Lipinski definition) is 1. The lowest BCUT2D eigenvalue weighted by atomic mass is 10.1. The van der Waals surface area contributed by atoms with E-state index in [1.165, 1.54) is 18.2 Å². The van der Waals surface area contributed by atoms with Gasteiger partial charge in [-0.1, -0.05) is 11.8 Å². The lowest BCUT2D eigenvalue weighted by molar-refractivity contribution is 0.0720. The van der Waals surface area contributed by atoms with E-state index in [9.17, 15) is 9.18 Å². The second-order valence-corrected chi connectivity index (χ2v) is 4.60. The predicted molar refractivity (Wildman–Crippen MR) is 73.6 cm³/mol. The third kappa shape index (κ3) is 3.16. The van der Waals surface area contributed by atoms with Gasteiger partial charge < -0.3 is 15.4 Å². The Bertz CT molecular complexity index is 563. The standard InChI is InChI=1S/C15H17FN2O2/c1-20-12-6-8-18(10-12)15(19)13-9-11(3-2-7-17)4-5-14(13)16/h4-5,9,12H,6-8,10,17H2,1H3. The Kier molecular flexibility index (Phi) is 4.72. The summed E-state index contributed by atoms with van der Waals surface area (Å²) in [6, 6.07) is 4.27. The summed E-state index contributed by atoms with van der Waals surface area (Å²) in [6.07, 6.45) is 0.804. The molecule has 2 rings (SSSR count). The van der Waals surface area contributed by atoms with Gasteiger partial charge in [-0.15, -0.1) is 0 Å². The molecule has 2 N–H and O–H groups in total. The first-order valence-electron chi connectivity index (χ1n) is 6.46. The number of carbonyl (C=O) groups excluding carboxylic acids is 1. The van der Waals surface area contributed by atoms with Crippen molar-refractivity contribution < 1.29 is 13.9 Å². The van der Waals surface area contributed by atoms with Gasteiger partial charge in [0, 0.05) is 25.8 Å². The average molecular weight is 276 g/mol. The zero-order valence-corrected chi connectivity index (χ0v) is 11.4. The van der Waals surface area contributed by atoms with Crippen molar-refractivity contribution >= 4 is 5.91 Å². The Morgan fingerprint density at radius 3 is 3.05 bits per heavy atom. The van der Waals surface area contributed by atoms with Crippen LogP contribution in [0.2, 0.25) is 0 Å². The van der Waals surface area contributed by atoms with Crippen LogP contribution in [0.25, 0.3) is 0 Å². The Balaban J connectivity index is 2.21. The fourth-order valence-corrected chi connectivity index (χ4v) is 2.20. The Morgan fingerprint density at radius 2 is 2.40 bits per heavy atom. The van der Waals surface area contributed by atoms with Crippen molar-refractivity contribution in [3.05, 3.63) is 35.1 Å². The van der Waals surface area contributed by atoms with Crippen LogP contribution in [0.15, 0.2) is 18.2 Å². The highest BCUT2D eigenvalue weighted by Gasteiger charge is 2.28. The number of nitrogens with two attached hydrogens (primary N) is 1. The highest BCUT2D eigenvalue weighted by molar-refractivity contribution is 5.95. The van der Waals surface area contributed by atoms with Gasteiger partial charge in [-0.05, 0) is 24.6 Å². The van der Waals surface area contributed by atoms with Gasteiger partial charge in [0.1, 0.15) is 5.82 Å². The maximum atomic E-state index is 13.8. The second kappa shape index (κ2) is 6.51. The van der Waals surface area contributed by atoms with Gasteiger partial charge in [-0.3, -0.25) is 4.79 Å². The maximum absolute atomic E-state index is 13.8. The molecular formula is C15H17FN2O2.